The van der Waals surface area contributed by atoms with Gasteiger partial charge in [0.05, 0.1) is 19.8 Å². The highest BCUT2D eigenvalue weighted by atomic mass is 79.9. The number of methoxy groups -OCH3 is 2. The number of carbonyl (C=O) groups excluding carboxylic acids is 1. The van der Waals surface area contributed by atoms with E-state index >= 15 is 0 Å². The Morgan fingerprint density at radius 3 is 2.53 bits per heavy atom. The quantitative estimate of drug-likeness (QED) is 0.627. The molecule has 0 aliphatic rings. The Labute approximate surface area is 97.5 Å². The van der Waals surface area contributed by atoms with Crippen LogP contribution in [0.1, 0.15) is 21.5 Å². The smallest absolute Gasteiger partial charge is 0.338 e. The molecule has 0 fully saturated rings. The Balaban J connectivity index is 3.32. The highest BCUT2D eigenvalue weighted by molar-refractivity contribution is 9.08. The molecule has 0 bridgehead atoms. The van der Waals surface area contributed by atoms with Crippen molar-refractivity contribution in [3.8, 4) is 5.75 Å². The Hall–Kier alpha value is -1.03. The molecule has 0 aliphatic carbocycles. The van der Waals surface area contributed by atoms with Gasteiger partial charge in [0, 0.05) is 5.33 Å². The maximum Gasteiger partial charge on any atom is 0.338 e. The zero-order chi connectivity index (χ0) is 11.4. The van der Waals surface area contributed by atoms with Gasteiger partial charge in [0.2, 0.25) is 0 Å². The molecule has 0 saturated heterocycles. The molecule has 1 aromatic carbocycles. The Morgan fingerprint density at radius 2 is 2.07 bits per heavy atom. The summed E-state index contributed by atoms with van der Waals surface area (Å²) in [6.07, 6.45) is 0. The van der Waals surface area contributed by atoms with Crippen LogP contribution in [0, 0.1) is 6.92 Å². The molecule has 0 aromatic heterocycles. The summed E-state index contributed by atoms with van der Waals surface area (Å²) < 4.78 is 9.82. The number of halogens is 1. The van der Waals surface area contributed by atoms with Crippen molar-refractivity contribution >= 4 is 21.9 Å². The molecule has 0 aliphatic heterocycles. The summed E-state index contributed by atoms with van der Waals surface area (Å²) in [5.41, 5.74) is 2.49. The Kier molecular flexibility index (Phi) is 4.15. The minimum absolute atomic E-state index is 0.341. The first-order valence-corrected chi connectivity index (χ1v) is 5.58. The number of rotatable bonds is 3. The summed E-state index contributed by atoms with van der Waals surface area (Å²) >= 11 is 3.35. The largest absolute Gasteiger partial charge is 0.497 e. The van der Waals surface area contributed by atoms with Crippen molar-refractivity contribution in [1.82, 2.24) is 0 Å². The minimum atomic E-state index is -0.341. The van der Waals surface area contributed by atoms with E-state index in [0.717, 1.165) is 11.1 Å². The molecule has 3 nitrogen and oxygen atoms in total. The van der Waals surface area contributed by atoms with Crippen molar-refractivity contribution < 1.29 is 14.3 Å². The number of aryl methyl sites for hydroxylation is 1. The topological polar surface area (TPSA) is 35.5 Å². The predicted octanol–water partition coefficient (Wildman–Crippen LogP) is 2.69. The summed E-state index contributed by atoms with van der Waals surface area (Å²) in [6.45, 7) is 1.94. The average Bonchev–Trinajstić information content (AvgIpc) is 2.26. The van der Waals surface area contributed by atoms with E-state index < -0.39 is 0 Å². The normalized spacial score (nSPS) is 9.87. The van der Waals surface area contributed by atoms with Crippen molar-refractivity contribution in [2.75, 3.05) is 14.2 Å². The molecule has 1 rings (SSSR count). The summed E-state index contributed by atoms with van der Waals surface area (Å²) in [7, 11) is 2.94. The first-order chi connectivity index (χ1) is 7.13. The van der Waals surface area contributed by atoms with Crippen LogP contribution in [0.25, 0.3) is 0 Å². The summed E-state index contributed by atoms with van der Waals surface area (Å²) in [4.78, 5) is 11.5. The number of benzene rings is 1. The van der Waals surface area contributed by atoms with Gasteiger partial charge in [-0.3, -0.25) is 0 Å². The van der Waals surface area contributed by atoms with Gasteiger partial charge < -0.3 is 9.47 Å². The standard InChI is InChI=1S/C11H13BrO3/c1-7-4-8(14-2)5-9(10(7)6-12)11(13)15-3/h4-5H,6H2,1-3H3. The fraction of sp³-hybridized carbons (Fsp3) is 0.364. The molecule has 15 heavy (non-hydrogen) atoms. The van der Waals surface area contributed by atoms with Crippen molar-refractivity contribution in [1.29, 1.82) is 0 Å². The first kappa shape index (κ1) is 12.0. The van der Waals surface area contributed by atoms with E-state index in [0.29, 0.717) is 16.6 Å². The number of alkyl halides is 1. The number of carbonyl (C=O) groups is 1. The van der Waals surface area contributed by atoms with Crippen LogP contribution in [0.5, 0.6) is 5.75 Å². The van der Waals surface area contributed by atoms with Gasteiger partial charge >= 0.3 is 5.97 Å². The van der Waals surface area contributed by atoms with E-state index in [-0.39, 0.29) is 5.97 Å². The van der Waals surface area contributed by atoms with Gasteiger partial charge in [-0.15, -0.1) is 0 Å². The molecule has 0 saturated carbocycles. The van der Waals surface area contributed by atoms with E-state index in [1.165, 1.54) is 7.11 Å². The lowest BCUT2D eigenvalue weighted by Crippen LogP contribution is -2.07. The number of esters is 1. The molecular formula is C11H13BrO3. The molecule has 0 amide bonds. The first-order valence-electron chi connectivity index (χ1n) is 4.45. The van der Waals surface area contributed by atoms with Crippen LogP contribution in [0.15, 0.2) is 12.1 Å². The Morgan fingerprint density at radius 1 is 1.40 bits per heavy atom. The summed E-state index contributed by atoms with van der Waals surface area (Å²) in [5, 5.41) is 0.618. The third-order valence-corrected chi connectivity index (χ3v) is 2.78. The second kappa shape index (κ2) is 5.16. The highest BCUT2D eigenvalue weighted by Gasteiger charge is 2.14. The second-order valence-electron chi connectivity index (χ2n) is 3.10. The molecule has 4 heteroatoms. The lowest BCUT2D eigenvalue weighted by molar-refractivity contribution is 0.0599. The lowest BCUT2D eigenvalue weighted by Gasteiger charge is -2.11. The van der Waals surface area contributed by atoms with Crippen LogP contribution >= 0.6 is 15.9 Å². The zero-order valence-corrected chi connectivity index (χ0v) is 10.6. The molecule has 1 aromatic rings. The number of hydrogen-bond donors (Lipinski definition) is 0. The number of ether oxygens (including phenoxy) is 2. The second-order valence-corrected chi connectivity index (χ2v) is 3.66. The molecule has 82 valence electrons. The SMILES string of the molecule is COC(=O)c1cc(OC)cc(C)c1CBr. The van der Waals surface area contributed by atoms with Crippen LogP contribution in [-0.4, -0.2) is 20.2 Å². The van der Waals surface area contributed by atoms with E-state index in [4.69, 9.17) is 9.47 Å². The molecule has 0 heterocycles. The van der Waals surface area contributed by atoms with Crippen molar-refractivity contribution in [2.45, 2.75) is 12.3 Å². The van der Waals surface area contributed by atoms with Gasteiger partial charge in [0.15, 0.2) is 0 Å². The summed E-state index contributed by atoms with van der Waals surface area (Å²) in [6, 6.07) is 3.58. The highest BCUT2D eigenvalue weighted by Crippen LogP contribution is 2.24. The maximum absolute atomic E-state index is 11.5. The van der Waals surface area contributed by atoms with Gasteiger partial charge in [0.25, 0.3) is 0 Å². The van der Waals surface area contributed by atoms with Crippen LogP contribution in [0.3, 0.4) is 0 Å². The number of hydrogen-bond acceptors (Lipinski definition) is 3. The van der Waals surface area contributed by atoms with Crippen molar-refractivity contribution in [3.63, 3.8) is 0 Å². The predicted molar refractivity (Wildman–Crippen MR) is 61.7 cm³/mol. The van der Waals surface area contributed by atoms with Gasteiger partial charge in [-0.2, -0.15) is 0 Å². The van der Waals surface area contributed by atoms with Crippen LogP contribution in [0.4, 0.5) is 0 Å². The van der Waals surface area contributed by atoms with Crippen LogP contribution < -0.4 is 4.74 Å². The van der Waals surface area contributed by atoms with Gasteiger partial charge in [-0.1, -0.05) is 15.9 Å². The average molecular weight is 273 g/mol. The van der Waals surface area contributed by atoms with Crippen LogP contribution in [-0.2, 0) is 10.1 Å². The zero-order valence-electron chi connectivity index (χ0n) is 8.96. The Bertz CT molecular complexity index is 374. The van der Waals surface area contributed by atoms with Crippen molar-refractivity contribution in [3.05, 3.63) is 28.8 Å². The van der Waals surface area contributed by atoms with Gasteiger partial charge in [-0.25, -0.2) is 4.79 Å². The van der Waals surface area contributed by atoms with Gasteiger partial charge in [-0.05, 0) is 30.2 Å². The van der Waals surface area contributed by atoms with E-state index in [2.05, 4.69) is 15.9 Å². The van der Waals surface area contributed by atoms with Crippen LogP contribution in [0.2, 0.25) is 0 Å². The minimum Gasteiger partial charge on any atom is -0.497 e. The molecule has 0 spiro atoms. The molecule has 0 radical (unpaired) electrons. The third-order valence-electron chi connectivity index (χ3n) is 2.22. The molecule has 0 atom stereocenters. The lowest BCUT2D eigenvalue weighted by atomic mass is 10.0. The molecule has 0 N–H and O–H groups in total. The van der Waals surface area contributed by atoms with E-state index in [1.807, 2.05) is 13.0 Å². The maximum atomic E-state index is 11.5. The fourth-order valence-electron chi connectivity index (χ4n) is 1.37. The van der Waals surface area contributed by atoms with E-state index in [9.17, 15) is 4.79 Å². The van der Waals surface area contributed by atoms with E-state index in [1.54, 1.807) is 13.2 Å². The van der Waals surface area contributed by atoms with Crippen molar-refractivity contribution in [2.24, 2.45) is 0 Å². The molecule has 0 unspecified atom stereocenters. The third kappa shape index (κ3) is 2.50. The molecular weight excluding hydrogens is 260 g/mol. The van der Waals surface area contributed by atoms with Gasteiger partial charge in [0.1, 0.15) is 5.75 Å². The summed E-state index contributed by atoms with van der Waals surface area (Å²) in [5.74, 6) is 0.323. The fourth-order valence-corrected chi connectivity index (χ4v) is 2.12. The monoisotopic (exact) mass is 272 g/mol.